The van der Waals surface area contributed by atoms with Gasteiger partial charge in [0.2, 0.25) is 11.1 Å². The maximum Gasteiger partial charge on any atom is 0.227 e. The Hall–Kier alpha value is -2.48. The molecular weight excluding hydrogens is 388 g/mol. The van der Waals surface area contributed by atoms with Gasteiger partial charge in [-0.25, -0.2) is 4.68 Å². The van der Waals surface area contributed by atoms with Crippen molar-refractivity contribution < 1.29 is 14.3 Å². The largest absolute Gasteiger partial charge is 0.493 e. The lowest BCUT2D eigenvalue weighted by Crippen LogP contribution is -2.36. The van der Waals surface area contributed by atoms with Gasteiger partial charge in [-0.15, -0.1) is 5.10 Å². The Kier molecular flexibility index (Phi) is 5.06. The molecule has 1 aromatic carbocycles. The number of ether oxygens (including phenoxy) is 2. The van der Waals surface area contributed by atoms with Gasteiger partial charge in [0, 0.05) is 17.7 Å². The number of methoxy groups -OCH3 is 2. The van der Waals surface area contributed by atoms with Crippen molar-refractivity contribution in [1.29, 1.82) is 0 Å². The van der Waals surface area contributed by atoms with Crippen molar-refractivity contribution in [2.45, 2.75) is 44.8 Å². The molecule has 0 spiro atoms. The fraction of sp³-hybridized carbons (Fsp3) is 0.476. The van der Waals surface area contributed by atoms with Crippen molar-refractivity contribution in [2.24, 2.45) is 5.41 Å². The van der Waals surface area contributed by atoms with Crippen molar-refractivity contribution in [2.75, 3.05) is 25.3 Å². The molecule has 1 aliphatic heterocycles. The minimum absolute atomic E-state index is 0.0890. The second-order valence-electron chi connectivity index (χ2n) is 8.07. The number of aromatic nitrogens is 3. The third-order valence-electron chi connectivity index (χ3n) is 5.31. The molecule has 1 aliphatic carbocycles. The Morgan fingerprint density at radius 2 is 2.00 bits per heavy atom. The number of ketones is 1. The molecule has 154 valence electrons. The molecule has 0 saturated heterocycles. The summed E-state index contributed by atoms with van der Waals surface area (Å²) in [7, 11) is 3.22. The second-order valence-corrected chi connectivity index (χ2v) is 9.30. The molecule has 4 rings (SSSR count). The molecule has 7 nitrogen and oxygen atoms in total. The topological polar surface area (TPSA) is 78.3 Å². The van der Waals surface area contributed by atoms with Crippen LogP contribution in [0, 0.1) is 5.41 Å². The number of carbonyl (C=O) groups is 1. The summed E-state index contributed by atoms with van der Waals surface area (Å²) in [5.74, 6) is 2.97. The fourth-order valence-electron chi connectivity index (χ4n) is 4.11. The van der Waals surface area contributed by atoms with Crippen LogP contribution in [0.5, 0.6) is 11.5 Å². The maximum absolute atomic E-state index is 13.2. The molecule has 2 aromatic rings. The fourth-order valence-corrected chi connectivity index (χ4v) is 4.67. The van der Waals surface area contributed by atoms with Gasteiger partial charge in [0.05, 0.1) is 14.2 Å². The van der Waals surface area contributed by atoms with Crippen molar-refractivity contribution in [3.8, 4) is 11.5 Å². The Bertz CT molecular complexity index is 996. The van der Waals surface area contributed by atoms with Gasteiger partial charge >= 0.3 is 0 Å². The zero-order valence-electron chi connectivity index (χ0n) is 17.4. The lowest BCUT2D eigenvalue weighted by molar-refractivity contribution is -0.118. The SMILES string of the molecule is CCSc1nc2n(n1)[C@@H](c1ccc(OC)c(OC)c1)C1=C(CC(C)(C)CC1=O)N2. The van der Waals surface area contributed by atoms with Crippen LogP contribution >= 0.6 is 11.8 Å². The molecule has 1 aromatic heterocycles. The van der Waals surface area contributed by atoms with Crippen LogP contribution in [0.4, 0.5) is 5.95 Å². The van der Waals surface area contributed by atoms with Crippen LogP contribution in [0.1, 0.15) is 45.2 Å². The molecule has 0 radical (unpaired) electrons. The average molecular weight is 415 g/mol. The summed E-state index contributed by atoms with van der Waals surface area (Å²) in [5, 5.41) is 8.80. The Labute approximate surface area is 174 Å². The third-order valence-corrected chi connectivity index (χ3v) is 6.03. The van der Waals surface area contributed by atoms with Gasteiger partial charge < -0.3 is 14.8 Å². The van der Waals surface area contributed by atoms with Crippen molar-refractivity contribution >= 4 is 23.5 Å². The number of carbonyl (C=O) groups excluding carboxylic acids is 1. The molecule has 0 amide bonds. The van der Waals surface area contributed by atoms with E-state index in [2.05, 4.69) is 31.1 Å². The molecule has 1 atom stereocenters. The summed E-state index contributed by atoms with van der Waals surface area (Å²) in [6.45, 7) is 6.32. The maximum atomic E-state index is 13.2. The highest BCUT2D eigenvalue weighted by molar-refractivity contribution is 7.99. The first-order valence-corrected chi connectivity index (χ1v) is 10.7. The standard InChI is InChI=1S/C21H26N4O3S/c1-6-29-20-23-19-22-13-10-21(2,3)11-14(26)17(13)18(25(19)24-20)12-7-8-15(27-4)16(9-12)28-5/h7-9,18H,6,10-11H2,1-5H3,(H,22,23,24)/t18-/m0/s1. The summed E-state index contributed by atoms with van der Waals surface area (Å²) in [6, 6.07) is 5.41. The molecule has 2 heterocycles. The Morgan fingerprint density at radius 3 is 2.69 bits per heavy atom. The molecule has 0 fully saturated rings. The highest BCUT2D eigenvalue weighted by Gasteiger charge is 2.42. The van der Waals surface area contributed by atoms with Crippen LogP contribution in [-0.2, 0) is 4.79 Å². The van der Waals surface area contributed by atoms with Crippen LogP contribution < -0.4 is 14.8 Å². The van der Waals surface area contributed by atoms with Gasteiger partial charge in [-0.1, -0.05) is 38.6 Å². The zero-order valence-corrected chi connectivity index (χ0v) is 18.2. The average Bonchev–Trinajstić information content (AvgIpc) is 3.07. The van der Waals surface area contributed by atoms with Gasteiger partial charge in [-0.05, 0) is 35.3 Å². The number of allylic oxidation sites excluding steroid dienone is 2. The minimum Gasteiger partial charge on any atom is -0.493 e. The summed E-state index contributed by atoms with van der Waals surface area (Å²) >= 11 is 1.58. The molecule has 0 saturated carbocycles. The van der Waals surface area contributed by atoms with Crippen molar-refractivity contribution in [1.82, 2.24) is 14.8 Å². The third kappa shape index (κ3) is 3.50. The number of thioether (sulfide) groups is 1. The van der Waals surface area contributed by atoms with E-state index in [4.69, 9.17) is 14.6 Å². The van der Waals surface area contributed by atoms with E-state index < -0.39 is 0 Å². The number of anilines is 1. The van der Waals surface area contributed by atoms with Gasteiger partial charge in [0.1, 0.15) is 6.04 Å². The molecule has 0 bridgehead atoms. The van der Waals surface area contributed by atoms with E-state index in [1.165, 1.54) is 0 Å². The minimum atomic E-state index is -0.344. The lowest BCUT2D eigenvalue weighted by Gasteiger charge is -2.38. The number of rotatable bonds is 5. The predicted octanol–water partition coefficient (Wildman–Crippen LogP) is 4.07. The van der Waals surface area contributed by atoms with Gasteiger partial charge in [0.15, 0.2) is 17.3 Å². The first-order chi connectivity index (χ1) is 13.9. The molecule has 8 heteroatoms. The highest BCUT2D eigenvalue weighted by Crippen LogP contribution is 2.46. The number of hydrogen-bond acceptors (Lipinski definition) is 7. The normalized spacial score (nSPS) is 20.0. The van der Waals surface area contributed by atoms with E-state index in [1.807, 2.05) is 22.9 Å². The van der Waals surface area contributed by atoms with Gasteiger partial charge in [-0.2, -0.15) is 4.98 Å². The van der Waals surface area contributed by atoms with Gasteiger partial charge in [-0.3, -0.25) is 4.79 Å². The Balaban J connectivity index is 1.89. The van der Waals surface area contributed by atoms with Crippen molar-refractivity contribution in [3.63, 3.8) is 0 Å². The van der Waals surface area contributed by atoms with Gasteiger partial charge in [0.25, 0.3) is 0 Å². The van der Waals surface area contributed by atoms with Crippen LogP contribution in [-0.4, -0.2) is 40.5 Å². The monoisotopic (exact) mass is 414 g/mol. The van der Waals surface area contributed by atoms with Crippen LogP contribution in [0.2, 0.25) is 0 Å². The Morgan fingerprint density at radius 1 is 1.24 bits per heavy atom. The number of fused-ring (bicyclic) bond motifs is 1. The summed E-state index contributed by atoms with van der Waals surface area (Å²) in [6.07, 6.45) is 1.30. The number of benzene rings is 1. The van der Waals surface area contributed by atoms with E-state index in [0.29, 0.717) is 29.0 Å². The lowest BCUT2D eigenvalue weighted by atomic mass is 9.73. The summed E-state index contributed by atoms with van der Waals surface area (Å²) in [4.78, 5) is 17.9. The molecule has 2 aliphatic rings. The number of hydrogen-bond donors (Lipinski definition) is 1. The summed E-state index contributed by atoms with van der Waals surface area (Å²) < 4.78 is 12.7. The quantitative estimate of drug-likeness (QED) is 0.739. The molecule has 1 N–H and O–H groups in total. The number of nitrogens with one attached hydrogen (secondary N) is 1. The predicted molar refractivity (Wildman–Crippen MR) is 113 cm³/mol. The zero-order chi connectivity index (χ0) is 20.8. The highest BCUT2D eigenvalue weighted by atomic mass is 32.2. The number of Topliss-reactive ketones (excluding diaryl/α,β-unsaturated/α-hetero) is 1. The molecular formula is C21H26N4O3S. The van der Waals surface area contributed by atoms with E-state index in [-0.39, 0.29) is 17.2 Å². The van der Waals surface area contributed by atoms with E-state index in [0.717, 1.165) is 29.0 Å². The second kappa shape index (κ2) is 7.40. The number of nitrogens with zero attached hydrogens (tertiary/aromatic N) is 3. The van der Waals surface area contributed by atoms with E-state index in [9.17, 15) is 4.79 Å². The summed E-state index contributed by atoms with van der Waals surface area (Å²) in [5.41, 5.74) is 2.54. The van der Waals surface area contributed by atoms with Crippen LogP contribution in [0.25, 0.3) is 0 Å². The van der Waals surface area contributed by atoms with Crippen molar-refractivity contribution in [3.05, 3.63) is 35.0 Å². The van der Waals surface area contributed by atoms with Crippen LogP contribution in [0.15, 0.2) is 34.6 Å². The van der Waals surface area contributed by atoms with E-state index in [1.54, 1.807) is 26.0 Å². The van der Waals surface area contributed by atoms with Crippen LogP contribution in [0.3, 0.4) is 0 Å². The smallest absolute Gasteiger partial charge is 0.227 e. The van der Waals surface area contributed by atoms with E-state index >= 15 is 0 Å². The first kappa shape index (κ1) is 19.8. The molecule has 29 heavy (non-hydrogen) atoms. The molecule has 0 unspecified atom stereocenters. The first-order valence-electron chi connectivity index (χ1n) is 9.71.